The van der Waals surface area contributed by atoms with Gasteiger partial charge in [-0.1, -0.05) is 0 Å². The Kier molecular flexibility index (Phi) is 2.05. The number of rotatable bonds is 1. The third kappa shape index (κ3) is 1.51. The maximum atomic E-state index is 11.1. The quantitative estimate of drug-likeness (QED) is 0.740. The average molecular weight is 208 g/mol. The number of hydrogen-bond acceptors (Lipinski definition) is 5. The molecule has 0 fully saturated rings. The van der Waals surface area contributed by atoms with Crippen molar-refractivity contribution in [3.8, 4) is 11.4 Å². The molecule has 0 aliphatic rings. The van der Waals surface area contributed by atoms with Gasteiger partial charge < -0.3 is 5.73 Å². The van der Waals surface area contributed by atoms with E-state index in [4.69, 9.17) is 5.73 Å². The third-order valence-electron chi connectivity index (χ3n) is 1.74. The van der Waals surface area contributed by atoms with Gasteiger partial charge in [0, 0.05) is 18.5 Å². The summed E-state index contributed by atoms with van der Waals surface area (Å²) in [6.07, 6.45) is 0. The molecule has 0 radical (unpaired) electrons. The van der Waals surface area contributed by atoms with E-state index < -0.39 is 0 Å². The highest BCUT2D eigenvalue weighted by atomic mass is 32.1. The second kappa shape index (κ2) is 3.22. The van der Waals surface area contributed by atoms with E-state index >= 15 is 0 Å². The predicted molar refractivity (Wildman–Crippen MR) is 55.0 cm³/mol. The lowest BCUT2D eigenvalue weighted by Gasteiger charge is -1.97. The number of aryl methyl sites for hydroxylation is 1. The maximum Gasteiger partial charge on any atom is 0.266 e. The molecule has 5 nitrogen and oxygen atoms in total. The second-order valence-corrected chi connectivity index (χ2v) is 3.64. The molecule has 2 rings (SSSR count). The molecule has 0 saturated heterocycles. The van der Waals surface area contributed by atoms with Crippen molar-refractivity contribution in [1.29, 1.82) is 0 Å². The molecule has 2 N–H and O–H groups in total. The minimum Gasteiger partial charge on any atom is -0.375 e. The fraction of sp³-hybridized carbons (Fsp3) is 0.125. The van der Waals surface area contributed by atoms with Gasteiger partial charge in [0.15, 0.2) is 5.13 Å². The van der Waals surface area contributed by atoms with Crippen molar-refractivity contribution in [1.82, 2.24) is 14.8 Å². The standard InChI is InChI=1S/C8H8N4OS/c1-12-7(13)3-2-5(11-12)6-4-14-8(9)10-6/h2-4H,1H3,(H2,9,10). The van der Waals surface area contributed by atoms with Gasteiger partial charge in [0.05, 0.1) is 0 Å². The fourth-order valence-electron chi connectivity index (χ4n) is 1.04. The van der Waals surface area contributed by atoms with Crippen LogP contribution in [0.5, 0.6) is 0 Å². The Bertz CT molecular complexity index is 516. The molecule has 0 aliphatic carbocycles. The van der Waals surface area contributed by atoms with Gasteiger partial charge in [-0.05, 0) is 6.07 Å². The van der Waals surface area contributed by atoms with E-state index in [1.165, 1.54) is 22.1 Å². The molecule has 0 bridgehead atoms. The smallest absolute Gasteiger partial charge is 0.266 e. The summed E-state index contributed by atoms with van der Waals surface area (Å²) in [5.41, 5.74) is 6.70. The van der Waals surface area contributed by atoms with Gasteiger partial charge in [-0.15, -0.1) is 11.3 Å². The fourth-order valence-corrected chi connectivity index (χ4v) is 1.60. The Labute approximate surface area is 83.8 Å². The van der Waals surface area contributed by atoms with Crippen molar-refractivity contribution in [2.75, 3.05) is 5.73 Å². The van der Waals surface area contributed by atoms with Crippen LogP contribution in [0.1, 0.15) is 0 Å². The Balaban J connectivity index is 2.52. The number of aromatic nitrogens is 3. The van der Waals surface area contributed by atoms with E-state index in [0.717, 1.165) is 0 Å². The summed E-state index contributed by atoms with van der Waals surface area (Å²) in [4.78, 5) is 15.1. The first kappa shape index (κ1) is 8.89. The van der Waals surface area contributed by atoms with E-state index in [9.17, 15) is 4.79 Å². The summed E-state index contributed by atoms with van der Waals surface area (Å²) in [5, 5.41) is 6.35. The van der Waals surface area contributed by atoms with Crippen LogP contribution < -0.4 is 11.3 Å². The Morgan fingerprint density at radius 1 is 1.43 bits per heavy atom. The van der Waals surface area contributed by atoms with Gasteiger partial charge in [-0.25, -0.2) is 9.67 Å². The largest absolute Gasteiger partial charge is 0.375 e. The number of nitrogens with zero attached hydrogens (tertiary/aromatic N) is 3. The van der Waals surface area contributed by atoms with Crippen molar-refractivity contribution in [2.45, 2.75) is 0 Å². The zero-order valence-electron chi connectivity index (χ0n) is 7.47. The highest BCUT2D eigenvalue weighted by Crippen LogP contribution is 2.19. The van der Waals surface area contributed by atoms with Crippen LogP contribution in [0.2, 0.25) is 0 Å². The topological polar surface area (TPSA) is 73.8 Å². The van der Waals surface area contributed by atoms with Crippen molar-refractivity contribution < 1.29 is 0 Å². The lowest BCUT2D eigenvalue weighted by atomic mass is 10.3. The van der Waals surface area contributed by atoms with Gasteiger partial charge >= 0.3 is 0 Å². The van der Waals surface area contributed by atoms with Crippen LogP contribution in [0.3, 0.4) is 0 Å². The second-order valence-electron chi connectivity index (χ2n) is 2.75. The zero-order chi connectivity index (χ0) is 10.1. The molecule has 0 spiro atoms. The molecule has 6 heteroatoms. The van der Waals surface area contributed by atoms with Crippen LogP contribution in [-0.2, 0) is 7.05 Å². The molecule has 2 aromatic rings. The first-order valence-electron chi connectivity index (χ1n) is 3.92. The van der Waals surface area contributed by atoms with E-state index in [1.807, 2.05) is 5.38 Å². The zero-order valence-corrected chi connectivity index (χ0v) is 8.28. The predicted octanol–water partition coefficient (Wildman–Crippen LogP) is 0.486. The number of nitrogens with two attached hydrogens (primary N) is 1. The van der Waals surface area contributed by atoms with Crippen LogP contribution in [0, 0.1) is 0 Å². The van der Waals surface area contributed by atoms with E-state index in [2.05, 4.69) is 10.1 Å². The Morgan fingerprint density at radius 3 is 2.79 bits per heavy atom. The molecule has 0 aliphatic heterocycles. The first-order valence-corrected chi connectivity index (χ1v) is 4.80. The molecule has 14 heavy (non-hydrogen) atoms. The van der Waals surface area contributed by atoms with Gasteiger partial charge in [-0.2, -0.15) is 5.10 Å². The molecule has 2 heterocycles. The molecule has 72 valence electrons. The molecular formula is C8H8N4OS. The summed E-state index contributed by atoms with van der Waals surface area (Å²) in [6.45, 7) is 0. The molecule has 2 aromatic heterocycles. The Hall–Kier alpha value is -1.69. The summed E-state index contributed by atoms with van der Waals surface area (Å²) in [5.74, 6) is 0. The summed E-state index contributed by atoms with van der Waals surface area (Å²) in [6, 6.07) is 3.09. The maximum absolute atomic E-state index is 11.1. The average Bonchev–Trinajstić information content (AvgIpc) is 2.57. The molecule has 0 saturated carbocycles. The number of hydrogen-bond donors (Lipinski definition) is 1. The minimum atomic E-state index is -0.142. The summed E-state index contributed by atoms with van der Waals surface area (Å²) >= 11 is 1.35. The van der Waals surface area contributed by atoms with Gasteiger partial charge in [-0.3, -0.25) is 4.79 Å². The van der Waals surface area contributed by atoms with Crippen LogP contribution in [-0.4, -0.2) is 14.8 Å². The number of nitrogen functional groups attached to an aromatic ring is 1. The van der Waals surface area contributed by atoms with E-state index in [-0.39, 0.29) is 5.56 Å². The molecule has 0 aromatic carbocycles. The summed E-state index contributed by atoms with van der Waals surface area (Å²) < 4.78 is 1.27. The van der Waals surface area contributed by atoms with Gasteiger partial charge in [0.1, 0.15) is 11.4 Å². The molecule has 0 amide bonds. The monoisotopic (exact) mass is 208 g/mol. The highest BCUT2D eigenvalue weighted by molar-refractivity contribution is 7.13. The van der Waals surface area contributed by atoms with E-state index in [1.54, 1.807) is 13.1 Å². The molecular weight excluding hydrogens is 200 g/mol. The first-order chi connectivity index (χ1) is 6.66. The minimum absolute atomic E-state index is 0.142. The van der Waals surface area contributed by atoms with Crippen molar-refractivity contribution >= 4 is 16.5 Å². The number of thiazole rings is 1. The summed E-state index contributed by atoms with van der Waals surface area (Å²) in [7, 11) is 1.60. The SMILES string of the molecule is Cn1nc(-c2csc(N)n2)ccc1=O. The van der Waals surface area contributed by atoms with Gasteiger partial charge in [0.2, 0.25) is 0 Å². The van der Waals surface area contributed by atoms with Crippen molar-refractivity contribution in [3.05, 3.63) is 27.9 Å². The molecule has 0 atom stereocenters. The lowest BCUT2D eigenvalue weighted by Crippen LogP contribution is -2.18. The van der Waals surface area contributed by atoms with Crippen LogP contribution in [0.25, 0.3) is 11.4 Å². The highest BCUT2D eigenvalue weighted by Gasteiger charge is 2.04. The lowest BCUT2D eigenvalue weighted by molar-refractivity contribution is 0.711. The van der Waals surface area contributed by atoms with E-state index in [0.29, 0.717) is 16.5 Å². The van der Waals surface area contributed by atoms with Gasteiger partial charge in [0.25, 0.3) is 5.56 Å². The Morgan fingerprint density at radius 2 is 2.21 bits per heavy atom. The van der Waals surface area contributed by atoms with Crippen LogP contribution in [0.15, 0.2) is 22.3 Å². The van der Waals surface area contributed by atoms with Crippen LogP contribution in [0.4, 0.5) is 5.13 Å². The van der Waals surface area contributed by atoms with Crippen molar-refractivity contribution in [3.63, 3.8) is 0 Å². The number of anilines is 1. The third-order valence-corrected chi connectivity index (χ3v) is 2.42. The normalized spacial score (nSPS) is 10.4. The van der Waals surface area contributed by atoms with Crippen molar-refractivity contribution in [2.24, 2.45) is 7.05 Å². The van der Waals surface area contributed by atoms with Crippen LogP contribution >= 0.6 is 11.3 Å². The molecule has 0 unspecified atom stereocenters.